The highest BCUT2D eigenvalue weighted by Crippen LogP contribution is 2.43. The van der Waals surface area contributed by atoms with Crippen LogP contribution in [0.15, 0.2) is 84.9 Å². The fraction of sp³-hybridized carbons (Fsp3) is 0.182. The van der Waals surface area contributed by atoms with Gasteiger partial charge in [0.1, 0.15) is 5.60 Å². The molecule has 120 valence electrons. The van der Waals surface area contributed by atoms with E-state index in [0.29, 0.717) is 0 Å². The van der Waals surface area contributed by atoms with Crippen molar-refractivity contribution in [3.63, 3.8) is 0 Å². The molecule has 24 heavy (non-hydrogen) atoms. The Morgan fingerprint density at radius 2 is 1.29 bits per heavy atom. The van der Waals surface area contributed by atoms with E-state index in [0.717, 1.165) is 24.1 Å². The Kier molecular flexibility index (Phi) is 3.93. The third-order valence-corrected chi connectivity index (χ3v) is 4.95. The van der Waals surface area contributed by atoms with Crippen LogP contribution in [-0.2, 0) is 12.0 Å². The Bertz CT molecular complexity index is 774. The quantitative estimate of drug-likeness (QED) is 0.770. The molecule has 1 atom stereocenters. The van der Waals surface area contributed by atoms with Crippen LogP contribution in [0.5, 0.6) is 0 Å². The highest BCUT2D eigenvalue weighted by molar-refractivity contribution is 5.44. The van der Waals surface area contributed by atoms with Crippen molar-refractivity contribution in [1.82, 2.24) is 5.32 Å². The lowest BCUT2D eigenvalue weighted by Gasteiger charge is -2.41. The summed E-state index contributed by atoms with van der Waals surface area (Å²) in [6, 6.07) is 28.2. The fourth-order valence-corrected chi connectivity index (χ4v) is 3.76. The van der Waals surface area contributed by atoms with Crippen LogP contribution in [0.3, 0.4) is 0 Å². The topological polar surface area (TPSA) is 32.3 Å². The van der Waals surface area contributed by atoms with E-state index in [4.69, 9.17) is 0 Å². The molecular formula is C22H21NO. The number of nitrogens with one attached hydrogen (secondary N) is 1. The predicted molar refractivity (Wildman–Crippen MR) is 96.8 cm³/mol. The second-order valence-electron chi connectivity index (χ2n) is 6.33. The molecule has 2 N–H and O–H groups in total. The highest BCUT2D eigenvalue weighted by Gasteiger charge is 2.42. The van der Waals surface area contributed by atoms with Gasteiger partial charge in [0.2, 0.25) is 0 Å². The van der Waals surface area contributed by atoms with Gasteiger partial charge in [0.15, 0.2) is 0 Å². The van der Waals surface area contributed by atoms with Crippen LogP contribution >= 0.6 is 0 Å². The standard InChI is InChI=1S/C22H21NO/c24-22(18-10-3-1-4-11-18,19-12-5-2-6-13-19)21-20-14-8-7-9-17(20)15-16-23-21/h1-14,21,23-24H,15-16H2/t21-/m0/s1. The van der Waals surface area contributed by atoms with E-state index in [9.17, 15) is 5.11 Å². The van der Waals surface area contributed by atoms with E-state index in [1.165, 1.54) is 11.1 Å². The van der Waals surface area contributed by atoms with Crippen LogP contribution in [0, 0.1) is 0 Å². The van der Waals surface area contributed by atoms with Gasteiger partial charge in [-0.25, -0.2) is 0 Å². The fourth-order valence-electron chi connectivity index (χ4n) is 3.76. The third-order valence-electron chi connectivity index (χ3n) is 4.95. The summed E-state index contributed by atoms with van der Waals surface area (Å²) in [5, 5.41) is 15.5. The molecule has 0 radical (unpaired) electrons. The van der Waals surface area contributed by atoms with E-state index in [1.54, 1.807) is 0 Å². The van der Waals surface area contributed by atoms with E-state index >= 15 is 0 Å². The lowest BCUT2D eigenvalue weighted by molar-refractivity contribution is 0.0339. The lowest BCUT2D eigenvalue weighted by Crippen LogP contribution is -2.46. The average Bonchev–Trinajstić information content (AvgIpc) is 2.68. The maximum Gasteiger partial charge on any atom is 0.134 e. The Hall–Kier alpha value is -2.42. The third kappa shape index (κ3) is 2.44. The molecule has 0 saturated carbocycles. The van der Waals surface area contributed by atoms with Gasteiger partial charge in [0.25, 0.3) is 0 Å². The Morgan fingerprint density at radius 3 is 1.92 bits per heavy atom. The maximum absolute atomic E-state index is 12.0. The van der Waals surface area contributed by atoms with Gasteiger partial charge in [0, 0.05) is 0 Å². The summed E-state index contributed by atoms with van der Waals surface area (Å²) in [5.74, 6) is 0. The first kappa shape index (κ1) is 15.1. The summed E-state index contributed by atoms with van der Waals surface area (Å²) in [5.41, 5.74) is 3.19. The van der Waals surface area contributed by atoms with Gasteiger partial charge >= 0.3 is 0 Å². The van der Waals surface area contributed by atoms with E-state index in [1.807, 2.05) is 60.7 Å². The minimum Gasteiger partial charge on any atom is -0.378 e. The van der Waals surface area contributed by atoms with Gasteiger partial charge in [-0.15, -0.1) is 0 Å². The van der Waals surface area contributed by atoms with Crippen LogP contribution < -0.4 is 5.32 Å². The Labute approximate surface area is 142 Å². The smallest absolute Gasteiger partial charge is 0.134 e. The first-order valence-corrected chi connectivity index (χ1v) is 8.45. The predicted octanol–water partition coefficient (Wildman–Crippen LogP) is 3.81. The summed E-state index contributed by atoms with van der Waals surface area (Å²) in [7, 11) is 0. The second-order valence-corrected chi connectivity index (χ2v) is 6.33. The minimum absolute atomic E-state index is 0.174. The summed E-state index contributed by atoms with van der Waals surface area (Å²) in [6.45, 7) is 0.865. The van der Waals surface area contributed by atoms with Gasteiger partial charge in [-0.3, -0.25) is 0 Å². The highest BCUT2D eigenvalue weighted by atomic mass is 16.3. The van der Waals surface area contributed by atoms with Gasteiger partial charge in [0.05, 0.1) is 6.04 Å². The van der Waals surface area contributed by atoms with Crippen molar-refractivity contribution < 1.29 is 5.11 Å². The van der Waals surface area contributed by atoms with Crippen LogP contribution in [0.4, 0.5) is 0 Å². The Balaban J connectivity index is 1.92. The molecule has 2 heteroatoms. The molecule has 1 aliphatic heterocycles. The molecule has 0 spiro atoms. The normalized spacial score (nSPS) is 17.3. The summed E-state index contributed by atoms with van der Waals surface area (Å²) in [6.07, 6.45) is 0.992. The van der Waals surface area contributed by atoms with Crippen molar-refractivity contribution in [2.75, 3.05) is 6.54 Å². The number of fused-ring (bicyclic) bond motifs is 1. The number of hydrogen-bond donors (Lipinski definition) is 2. The number of benzene rings is 3. The van der Waals surface area contributed by atoms with Crippen LogP contribution in [-0.4, -0.2) is 11.7 Å². The second kappa shape index (κ2) is 6.23. The first-order chi connectivity index (χ1) is 11.8. The van der Waals surface area contributed by atoms with E-state index in [-0.39, 0.29) is 6.04 Å². The largest absolute Gasteiger partial charge is 0.378 e. The first-order valence-electron chi connectivity index (χ1n) is 8.45. The molecule has 0 amide bonds. The molecule has 3 aromatic rings. The van der Waals surface area contributed by atoms with Crippen molar-refractivity contribution >= 4 is 0 Å². The van der Waals surface area contributed by atoms with E-state index in [2.05, 4.69) is 29.6 Å². The van der Waals surface area contributed by atoms with Crippen molar-refractivity contribution in [2.24, 2.45) is 0 Å². The summed E-state index contributed by atoms with van der Waals surface area (Å²) in [4.78, 5) is 0. The molecule has 1 aliphatic rings. The van der Waals surface area contributed by atoms with Gasteiger partial charge in [-0.2, -0.15) is 0 Å². The van der Waals surface area contributed by atoms with Crippen LogP contribution in [0.2, 0.25) is 0 Å². The van der Waals surface area contributed by atoms with Crippen molar-refractivity contribution in [3.05, 3.63) is 107 Å². The van der Waals surface area contributed by atoms with Crippen molar-refractivity contribution in [2.45, 2.75) is 18.1 Å². The zero-order valence-corrected chi connectivity index (χ0v) is 13.5. The zero-order chi connectivity index (χ0) is 16.4. The van der Waals surface area contributed by atoms with Crippen molar-refractivity contribution in [1.29, 1.82) is 0 Å². The summed E-state index contributed by atoms with van der Waals surface area (Å²) < 4.78 is 0. The minimum atomic E-state index is -1.11. The molecule has 0 aromatic heterocycles. The van der Waals surface area contributed by atoms with Gasteiger partial charge in [-0.1, -0.05) is 84.9 Å². The molecule has 2 nitrogen and oxygen atoms in total. The molecule has 1 heterocycles. The molecule has 0 aliphatic carbocycles. The van der Waals surface area contributed by atoms with Crippen molar-refractivity contribution in [3.8, 4) is 0 Å². The average molecular weight is 315 g/mol. The molecule has 0 unspecified atom stereocenters. The summed E-state index contributed by atoms with van der Waals surface area (Å²) >= 11 is 0. The van der Waals surface area contributed by atoms with Crippen LogP contribution in [0.25, 0.3) is 0 Å². The zero-order valence-electron chi connectivity index (χ0n) is 13.5. The number of rotatable bonds is 3. The Morgan fingerprint density at radius 1 is 0.750 bits per heavy atom. The maximum atomic E-state index is 12.0. The van der Waals surface area contributed by atoms with E-state index < -0.39 is 5.60 Å². The van der Waals surface area contributed by atoms with Gasteiger partial charge < -0.3 is 10.4 Å². The monoisotopic (exact) mass is 315 g/mol. The molecule has 0 saturated heterocycles. The number of aliphatic hydroxyl groups is 1. The molecular weight excluding hydrogens is 294 g/mol. The van der Waals surface area contributed by atoms with Crippen LogP contribution in [0.1, 0.15) is 28.3 Å². The molecule has 4 rings (SSSR count). The lowest BCUT2D eigenvalue weighted by atomic mass is 9.75. The molecule has 3 aromatic carbocycles. The molecule has 0 bridgehead atoms. The molecule has 0 fully saturated rings. The van der Waals surface area contributed by atoms with Gasteiger partial charge in [-0.05, 0) is 35.2 Å². The SMILES string of the molecule is OC(c1ccccc1)(c1ccccc1)[C@H]1NCCc2ccccc21. The number of hydrogen-bond acceptors (Lipinski definition) is 2.